The number of aliphatic hydroxyl groups is 1. The zero-order chi connectivity index (χ0) is 17.0. The van der Waals surface area contributed by atoms with Crippen LogP contribution < -0.4 is 0 Å². The summed E-state index contributed by atoms with van der Waals surface area (Å²) in [7, 11) is 0. The molecule has 1 fully saturated rings. The topological polar surface area (TPSA) is 46.5 Å². The van der Waals surface area contributed by atoms with Crippen molar-refractivity contribution in [1.82, 2.24) is 0 Å². The quantitative estimate of drug-likeness (QED) is 0.474. The minimum atomic E-state index is -0.892. The van der Waals surface area contributed by atoms with E-state index in [-0.39, 0.29) is 17.8 Å². The highest BCUT2D eigenvalue weighted by molar-refractivity contribution is 5.90. The Morgan fingerprint density at radius 2 is 2.09 bits per heavy atom. The Kier molecular flexibility index (Phi) is 5.64. The zero-order valence-electron chi connectivity index (χ0n) is 14.5. The molecule has 1 N–H and O–H groups in total. The van der Waals surface area contributed by atoms with Crippen molar-refractivity contribution in [2.75, 3.05) is 6.61 Å². The number of fused-ring (bicyclic) bond motifs is 1. The molecule has 1 aliphatic carbocycles. The molecule has 0 amide bonds. The van der Waals surface area contributed by atoms with E-state index in [0.29, 0.717) is 12.2 Å². The number of rotatable bonds is 2. The molecule has 1 aliphatic heterocycles. The predicted octanol–water partition coefficient (Wildman–Crippen LogP) is 4.11. The third kappa shape index (κ3) is 4.93. The first-order chi connectivity index (χ1) is 10.8. The third-order valence-corrected chi connectivity index (χ3v) is 4.63. The Hall–Kier alpha value is -1.61. The maximum atomic E-state index is 12.2. The molecule has 0 bridgehead atoms. The van der Waals surface area contributed by atoms with Gasteiger partial charge < -0.3 is 9.84 Å². The molecule has 0 aromatic heterocycles. The van der Waals surface area contributed by atoms with Gasteiger partial charge in [-0.05, 0) is 46.5 Å². The lowest BCUT2D eigenvalue weighted by molar-refractivity contribution is -0.144. The zero-order valence-corrected chi connectivity index (χ0v) is 14.5. The fourth-order valence-electron chi connectivity index (χ4n) is 3.25. The van der Waals surface area contributed by atoms with Crippen LogP contribution in [0.15, 0.2) is 47.6 Å². The minimum Gasteiger partial charge on any atom is -0.462 e. The molecule has 2 atom stereocenters. The Morgan fingerprint density at radius 1 is 1.35 bits per heavy atom. The van der Waals surface area contributed by atoms with E-state index >= 15 is 0 Å². The van der Waals surface area contributed by atoms with Crippen molar-refractivity contribution in [3.63, 3.8) is 0 Å². The molecule has 0 saturated carbocycles. The molecular formula is C20H28O3. The standard InChI is InChI=1S/C20H28O3/c1-14-7-5-8-15(2)18-13-23-19(21)17(16(18)11-10-14)9-6-12-20(3,4)22/h6-7,9,12,16,18,22H,2,5,8,10-11,13H2,1,3-4H3/b12-6+,14-7?,17-9-/t16-,18+/m1/s1. The van der Waals surface area contributed by atoms with E-state index in [4.69, 9.17) is 4.74 Å². The summed E-state index contributed by atoms with van der Waals surface area (Å²) in [5, 5.41) is 9.79. The van der Waals surface area contributed by atoms with Crippen molar-refractivity contribution < 1.29 is 14.6 Å². The lowest BCUT2D eigenvalue weighted by atomic mass is 9.76. The summed E-state index contributed by atoms with van der Waals surface area (Å²) in [4.78, 5) is 12.2. The van der Waals surface area contributed by atoms with Gasteiger partial charge in [-0.2, -0.15) is 0 Å². The second kappa shape index (κ2) is 7.31. The lowest BCUT2D eigenvalue weighted by Gasteiger charge is -2.34. The summed E-state index contributed by atoms with van der Waals surface area (Å²) in [6.07, 6.45) is 11.4. The van der Waals surface area contributed by atoms with Crippen LogP contribution in [0.2, 0.25) is 0 Å². The van der Waals surface area contributed by atoms with E-state index in [1.807, 2.05) is 0 Å². The van der Waals surface area contributed by atoms with Crippen LogP contribution in [0.4, 0.5) is 0 Å². The largest absolute Gasteiger partial charge is 0.462 e. The van der Waals surface area contributed by atoms with Crippen molar-refractivity contribution in [3.05, 3.63) is 47.6 Å². The van der Waals surface area contributed by atoms with Crippen LogP contribution in [0.3, 0.4) is 0 Å². The molecule has 0 radical (unpaired) electrons. The van der Waals surface area contributed by atoms with Crippen LogP contribution >= 0.6 is 0 Å². The first-order valence-corrected chi connectivity index (χ1v) is 8.40. The normalized spacial score (nSPS) is 28.7. The van der Waals surface area contributed by atoms with Gasteiger partial charge in [-0.25, -0.2) is 4.79 Å². The van der Waals surface area contributed by atoms with Gasteiger partial charge in [0, 0.05) is 17.4 Å². The Labute approximate surface area is 139 Å². The Morgan fingerprint density at radius 3 is 2.78 bits per heavy atom. The van der Waals surface area contributed by atoms with E-state index in [0.717, 1.165) is 25.7 Å². The van der Waals surface area contributed by atoms with Crippen molar-refractivity contribution in [2.45, 2.75) is 52.1 Å². The van der Waals surface area contributed by atoms with Crippen LogP contribution in [0.1, 0.15) is 46.5 Å². The number of carbonyl (C=O) groups is 1. The first-order valence-electron chi connectivity index (χ1n) is 8.40. The second-order valence-corrected chi connectivity index (χ2v) is 7.23. The van der Waals surface area contributed by atoms with Gasteiger partial charge >= 0.3 is 5.97 Å². The number of esters is 1. The molecule has 0 spiro atoms. The van der Waals surface area contributed by atoms with E-state index in [2.05, 4.69) is 19.6 Å². The van der Waals surface area contributed by atoms with Crippen molar-refractivity contribution in [1.29, 1.82) is 0 Å². The summed E-state index contributed by atoms with van der Waals surface area (Å²) in [6, 6.07) is 0. The minimum absolute atomic E-state index is 0.150. The van der Waals surface area contributed by atoms with Crippen LogP contribution in [-0.4, -0.2) is 23.3 Å². The molecule has 2 aliphatic rings. The van der Waals surface area contributed by atoms with Crippen LogP contribution in [0.25, 0.3) is 0 Å². The van der Waals surface area contributed by atoms with E-state index < -0.39 is 5.60 Å². The smallest absolute Gasteiger partial charge is 0.334 e. The van der Waals surface area contributed by atoms with Gasteiger partial charge in [-0.15, -0.1) is 0 Å². The molecule has 0 aromatic rings. The maximum absolute atomic E-state index is 12.2. The molecule has 1 saturated heterocycles. The van der Waals surface area contributed by atoms with Gasteiger partial charge in [0.15, 0.2) is 0 Å². The van der Waals surface area contributed by atoms with Gasteiger partial charge in [-0.1, -0.05) is 42.0 Å². The average Bonchev–Trinajstić information content (AvgIpc) is 2.51. The second-order valence-electron chi connectivity index (χ2n) is 7.23. The number of ether oxygens (including phenoxy) is 1. The van der Waals surface area contributed by atoms with Gasteiger partial charge in [-0.3, -0.25) is 0 Å². The number of cyclic esters (lactones) is 1. The molecule has 0 aromatic carbocycles. The predicted molar refractivity (Wildman–Crippen MR) is 92.8 cm³/mol. The van der Waals surface area contributed by atoms with E-state index in [9.17, 15) is 9.90 Å². The third-order valence-electron chi connectivity index (χ3n) is 4.63. The number of hydrogen-bond acceptors (Lipinski definition) is 3. The highest BCUT2D eigenvalue weighted by Gasteiger charge is 2.36. The van der Waals surface area contributed by atoms with Crippen molar-refractivity contribution >= 4 is 5.97 Å². The molecule has 126 valence electrons. The summed E-state index contributed by atoms with van der Waals surface area (Å²) < 4.78 is 5.40. The molecule has 1 heterocycles. The summed E-state index contributed by atoms with van der Waals surface area (Å²) in [5.74, 6) is 0.116. The number of carbonyl (C=O) groups excluding carboxylic acids is 1. The maximum Gasteiger partial charge on any atom is 0.334 e. The molecule has 3 heteroatoms. The van der Waals surface area contributed by atoms with Crippen molar-refractivity contribution in [2.24, 2.45) is 11.8 Å². The van der Waals surface area contributed by atoms with Crippen LogP contribution in [0, 0.1) is 11.8 Å². The van der Waals surface area contributed by atoms with Gasteiger partial charge in [0.05, 0.1) is 12.2 Å². The molecule has 2 rings (SSSR count). The Bertz CT molecular complexity index is 558. The van der Waals surface area contributed by atoms with Crippen LogP contribution in [0.5, 0.6) is 0 Å². The van der Waals surface area contributed by atoms with E-state index in [1.165, 1.54) is 11.1 Å². The molecule has 0 unspecified atom stereocenters. The first kappa shape index (κ1) is 17.7. The highest BCUT2D eigenvalue weighted by atomic mass is 16.5. The number of allylic oxidation sites excluding steroid dienone is 4. The summed E-state index contributed by atoms with van der Waals surface area (Å²) in [6.45, 7) is 10.2. The average molecular weight is 316 g/mol. The monoisotopic (exact) mass is 316 g/mol. The highest BCUT2D eigenvalue weighted by Crippen LogP contribution is 2.38. The summed E-state index contributed by atoms with van der Waals surface area (Å²) >= 11 is 0. The molecule has 3 nitrogen and oxygen atoms in total. The summed E-state index contributed by atoms with van der Waals surface area (Å²) in [5.41, 5.74) is 2.36. The van der Waals surface area contributed by atoms with Gasteiger partial charge in [0.25, 0.3) is 0 Å². The van der Waals surface area contributed by atoms with E-state index in [1.54, 1.807) is 32.1 Å². The Balaban J connectivity index is 2.29. The lowest BCUT2D eigenvalue weighted by Crippen LogP contribution is -2.34. The van der Waals surface area contributed by atoms with Gasteiger partial charge in [0.1, 0.15) is 0 Å². The van der Waals surface area contributed by atoms with Gasteiger partial charge in [0.2, 0.25) is 0 Å². The van der Waals surface area contributed by atoms with Crippen molar-refractivity contribution in [3.8, 4) is 0 Å². The molecular weight excluding hydrogens is 288 g/mol. The fraction of sp³-hybridized carbons (Fsp3) is 0.550. The number of hydrogen-bond donors (Lipinski definition) is 1. The fourth-order valence-corrected chi connectivity index (χ4v) is 3.25. The molecule has 23 heavy (non-hydrogen) atoms. The van der Waals surface area contributed by atoms with Crippen LogP contribution in [-0.2, 0) is 9.53 Å². The SMILES string of the molecule is C=C1CCC=C(C)CC[C@@H]2/C(=C/C=C/C(C)(C)O)C(=O)OC[C@@H]12.